The van der Waals surface area contributed by atoms with E-state index in [1.807, 2.05) is 18.2 Å². The Morgan fingerprint density at radius 3 is 2.80 bits per heavy atom. The van der Waals surface area contributed by atoms with Crippen LogP contribution in [-0.4, -0.2) is 11.7 Å². The molecule has 1 aliphatic rings. The molecule has 1 heterocycles. The van der Waals surface area contributed by atoms with Crippen molar-refractivity contribution in [2.45, 2.75) is 18.9 Å². The van der Waals surface area contributed by atoms with Gasteiger partial charge in [0.2, 0.25) is 0 Å². The Morgan fingerprint density at radius 2 is 2.13 bits per heavy atom. The quantitative estimate of drug-likeness (QED) is 0.837. The fourth-order valence-corrected chi connectivity index (χ4v) is 1.92. The molecule has 1 aromatic carbocycles. The first-order valence-electron chi connectivity index (χ1n) is 5.02. The van der Waals surface area contributed by atoms with E-state index in [1.54, 1.807) is 12.3 Å². The van der Waals surface area contributed by atoms with Crippen LogP contribution in [0.1, 0.15) is 24.5 Å². The molecule has 0 radical (unpaired) electrons. The first kappa shape index (κ1) is 10.5. The topological polar surface area (TPSA) is 29.5 Å². The molecule has 0 spiro atoms. The summed E-state index contributed by atoms with van der Waals surface area (Å²) in [6.07, 6.45) is 2.83. The molecule has 1 atom stereocenters. The monoisotopic (exact) mass is 224 g/mol. The van der Waals surface area contributed by atoms with Gasteiger partial charge in [0, 0.05) is 10.6 Å². The molecule has 0 aromatic heterocycles. The number of benzene rings is 1. The van der Waals surface area contributed by atoms with Gasteiger partial charge in [-0.05, 0) is 24.5 Å². The summed E-state index contributed by atoms with van der Waals surface area (Å²) in [6.45, 7) is 0.735. The van der Waals surface area contributed by atoms with Gasteiger partial charge in [-0.2, -0.15) is 0 Å². The van der Waals surface area contributed by atoms with E-state index in [0.29, 0.717) is 5.02 Å². The zero-order valence-electron chi connectivity index (χ0n) is 8.32. The summed E-state index contributed by atoms with van der Waals surface area (Å²) in [5, 5.41) is 10.7. The lowest BCUT2D eigenvalue weighted by atomic mass is 9.98. The highest BCUT2D eigenvalue weighted by molar-refractivity contribution is 6.31. The molecule has 1 unspecified atom stereocenters. The number of aliphatic hydroxyl groups is 1. The van der Waals surface area contributed by atoms with Crippen molar-refractivity contribution >= 4 is 11.6 Å². The maximum atomic E-state index is 10.1. The summed E-state index contributed by atoms with van der Waals surface area (Å²) in [5.74, 6) is 0. The fraction of sp³-hybridized carbons (Fsp3) is 0.333. The van der Waals surface area contributed by atoms with Crippen molar-refractivity contribution in [3.63, 3.8) is 0 Å². The van der Waals surface area contributed by atoms with Crippen LogP contribution in [0.4, 0.5) is 0 Å². The number of ether oxygens (including phenoxy) is 1. The number of hydrogen-bond acceptors (Lipinski definition) is 2. The summed E-state index contributed by atoms with van der Waals surface area (Å²) in [4.78, 5) is 0. The molecule has 2 nitrogen and oxygen atoms in total. The van der Waals surface area contributed by atoms with Crippen molar-refractivity contribution in [2.75, 3.05) is 6.61 Å². The fourth-order valence-electron chi connectivity index (χ4n) is 1.68. The van der Waals surface area contributed by atoms with E-state index in [1.165, 1.54) is 0 Å². The molecule has 0 saturated carbocycles. The molecule has 0 bridgehead atoms. The van der Waals surface area contributed by atoms with Gasteiger partial charge >= 0.3 is 0 Å². The smallest absolute Gasteiger partial charge is 0.105 e. The molecule has 3 heteroatoms. The second-order valence-electron chi connectivity index (χ2n) is 3.59. The van der Waals surface area contributed by atoms with Gasteiger partial charge in [0.15, 0.2) is 0 Å². The minimum atomic E-state index is -0.640. The van der Waals surface area contributed by atoms with Crippen molar-refractivity contribution in [2.24, 2.45) is 0 Å². The normalized spacial score (nSPS) is 17.9. The lowest BCUT2D eigenvalue weighted by Gasteiger charge is -2.19. The van der Waals surface area contributed by atoms with Gasteiger partial charge in [0.25, 0.3) is 0 Å². The minimum Gasteiger partial charge on any atom is -0.501 e. The van der Waals surface area contributed by atoms with E-state index in [2.05, 4.69) is 0 Å². The van der Waals surface area contributed by atoms with Gasteiger partial charge in [-0.3, -0.25) is 0 Å². The van der Waals surface area contributed by atoms with Crippen LogP contribution in [0.3, 0.4) is 0 Å². The lowest BCUT2D eigenvalue weighted by molar-refractivity contribution is 0.170. The minimum absolute atomic E-state index is 0.594. The Balaban J connectivity index is 2.23. The van der Waals surface area contributed by atoms with Gasteiger partial charge in [0.1, 0.15) is 6.10 Å². The molecule has 0 fully saturated rings. The maximum Gasteiger partial charge on any atom is 0.105 e. The van der Waals surface area contributed by atoms with Crippen LogP contribution in [-0.2, 0) is 4.74 Å². The van der Waals surface area contributed by atoms with Crippen LogP contribution in [0.2, 0.25) is 5.02 Å². The van der Waals surface area contributed by atoms with Crippen LogP contribution in [0.5, 0.6) is 0 Å². The van der Waals surface area contributed by atoms with Crippen molar-refractivity contribution in [1.29, 1.82) is 0 Å². The highest BCUT2D eigenvalue weighted by atomic mass is 35.5. The van der Waals surface area contributed by atoms with Crippen LogP contribution in [0, 0.1) is 0 Å². The summed E-state index contributed by atoms with van der Waals surface area (Å²) < 4.78 is 5.20. The van der Waals surface area contributed by atoms with Crippen LogP contribution in [0.25, 0.3) is 0 Å². The van der Waals surface area contributed by atoms with Crippen LogP contribution in [0.15, 0.2) is 36.1 Å². The van der Waals surface area contributed by atoms with E-state index >= 15 is 0 Å². The maximum absolute atomic E-state index is 10.1. The molecule has 1 aromatic rings. The third kappa shape index (κ3) is 2.33. The van der Waals surface area contributed by atoms with E-state index in [9.17, 15) is 5.11 Å². The number of aliphatic hydroxyl groups excluding tert-OH is 1. The Morgan fingerprint density at radius 1 is 1.33 bits per heavy atom. The third-order valence-electron chi connectivity index (χ3n) is 2.51. The average Bonchev–Trinajstić information content (AvgIpc) is 2.30. The Bertz CT molecular complexity index is 374. The van der Waals surface area contributed by atoms with E-state index in [-0.39, 0.29) is 0 Å². The SMILES string of the molecule is OC(C1=COCCC1)c1ccccc1Cl. The molecule has 15 heavy (non-hydrogen) atoms. The average molecular weight is 225 g/mol. The third-order valence-corrected chi connectivity index (χ3v) is 2.86. The van der Waals surface area contributed by atoms with Crippen LogP contribution < -0.4 is 0 Å². The molecule has 0 amide bonds. The van der Waals surface area contributed by atoms with Gasteiger partial charge in [-0.1, -0.05) is 29.8 Å². The standard InChI is InChI=1S/C12H13ClO2/c13-11-6-2-1-5-10(11)12(14)9-4-3-7-15-8-9/h1-2,5-6,8,12,14H,3-4,7H2. The van der Waals surface area contributed by atoms with E-state index in [0.717, 1.165) is 30.6 Å². The number of halogens is 1. The molecule has 1 N–H and O–H groups in total. The zero-order valence-corrected chi connectivity index (χ0v) is 9.07. The molecular formula is C12H13ClO2. The van der Waals surface area contributed by atoms with Crippen molar-refractivity contribution in [3.05, 3.63) is 46.7 Å². The first-order valence-corrected chi connectivity index (χ1v) is 5.40. The molecule has 0 aliphatic carbocycles. The zero-order chi connectivity index (χ0) is 10.7. The van der Waals surface area contributed by atoms with Gasteiger partial charge in [-0.15, -0.1) is 0 Å². The highest BCUT2D eigenvalue weighted by Gasteiger charge is 2.18. The van der Waals surface area contributed by atoms with E-state index in [4.69, 9.17) is 16.3 Å². The second-order valence-corrected chi connectivity index (χ2v) is 4.00. The lowest BCUT2D eigenvalue weighted by Crippen LogP contribution is -2.08. The van der Waals surface area contributed by atoms with Crippen molar-refractivity contribution in [1.82, 2.24) is 0 Å². The second kappa shape index (κ2) is 4.69. The summed E-state index contributed by atoms with van der Waals surface area (Å²) in [7, 11) is 0. The van der Waals surface area contributed by atoms with Gasteiger partial charge in [-0.25, -0.2) is 0 Å². The van der Waals surface area contributed by atoms with Crippen molar-refractivity contribution in [3.8, 4) is 0 Å². The Hall–Kier alpha value is -0.990. The molecule has 1 aliphatic heterocycles. The molecule has 2 rings (SSSR count). The molecule has 80 valence electrons. The highest BCUT2D eigenvalue weighted by Crippen LogP contribution is 2.31. The molecule has 0 saturated heterocycles. The Kier molecular flexibility index (Phi) is 3.29. The molecular weight excluding hydrogens is 212 g/mol. The van der Waals surface area contributed by atoms with Gasteiger partial charge in [0.05, 0.1) is 12.9 Å². The number of hydrogen-bond donors (Lipinski definition) is 1. The summed E-state index contributed by atoms with van der Waals surface area (Å²) in [5.41, 5.74) is 1.64. The predicted molar refractivity (Wildman–Crippen MR) is 59.7 cm³/mol. The number of rotatable bonds is 2. The van der Waals surface area contributed by atoms with Gasteiger partial charge < -0.3 is 9.84 Å². The first-order chi connectivity index (χ1) is 7.29. The largest absolute Gasteiger partial charge is 0.501 e. The van der Waals surface area contributed by atoms with E-state index < -0.39 is 6.10 Å². The summed E-state index contributed by atoms with van der Waals surface area (Å²) >= 11 is 6.01. The Labute approximate surface area is 94.1 Å². The van der Waals surface area contributed by atoms with Crippen molar-refractivity contribution < 1.29 is 9.84 Å². The summed E-state index contributed by atoms with van der Waals surface area (Å²) in [6, 6.07) is 7.34. The predicted octanol–water partition coefficient (Wildman–Crippen LogP) is 3.07. The van der Waals surface area contributed by atoms with Crippen LogP contribution >= 0.6 is 11.6 Å².